The van der Waals surface area contributed by atoms with Gasteiger partial charge in [-0.25, -0.2) is 15.0 Å². The fourth-order valence-electron chi connectivity index (χ4n) is 2.34. The van der Waals surface area contributed by atoms with Crippen LogP contribution in [0.1, 0.15) is 11.1 Å². The minimum atomic E-state index is 0.620. The molecule has 0 aliphatic rings. The lowest BCUT2D eigenvalue weighted by Crippen LogP contribution is -2.04. The highest BCUT2D eigenvalue weighted by atomic mass is 16.5. The van der Waals surface area contributed by atoms with Gasteiger partial charge in [-0.2, -0.15) is 0 Å². The molecular weight excluding hydrogens is 278 g/mol. The van der Waals surface area contributed by atoms with Crippen molar-refractivity contribution in [2.45, 2.75) is 20.4 Å². The third-order valence-corrected chi connectivity index (χ3v) is 3.80. The molecule has 114 valence electrons. The van der Waals surface area contributed by atoms with Crippen molar-refractivity contribution in [3.8, 4) is 0 Å². The number of fused-ring (bicyclic) bond motifs is 1. The average Bonchev–Trinajstić information content (AvgIpc) is 2.94. The van der Waals surface area contributed by atoms with Crippen LogP contribution in [0.4, 0.5) is 11.5 Å². The first-order valence-electron chi connectivity index (χ1n) is 7.18. The van der Waals surface area contributed by atoms with Crippen molar-refractivity contribution in [2.75, 3.05) is 19.0 Å². The molecule has 0 amide bonds. The van der Waals surface area contributed by atoms with E-state index in [1.54, 1.807) is 19.8 Å². The van der Waals surface area contributed by atoms with Crippen LogP contribution in [0.25, 0.3) is 11.2 Å². The first-order chi connectivity index (χ1) is 10.7. The molecule has 1 aromatic carbocycles. The molecule has 0 aliphatic carbocycles. The van der Waals surface area contributed by atoms with Gasteiger partial charge in [-0.3, -0.25) is 0 Å². The molecule has 2 aromatic heterocycles. The minimum Gasteiger partial charge on any atom is -0.383 e. The number of methoxy groups -OCH3 is 1. The molecule has 3 rings (SSSR count). The molecule has 0 bridgehead atoms. The predicted octanol–water partition coefficient (Wildman–Crippen LogP) is 2.83. The zero-order valence-corrected chi connectivity index (χ0v) is 13.0. The van der Waals surface area contributed by atoms with Gasteiger partial charge in [0.05, 0.1) is 12.9 Å². The number of benzene rings is 1. The highest BCUT2D eigenvalue weighted by Crippen LogP contribution is 2.25. The van der Waals surface area contributed by atoms with Gasteiger partial charge in [0.25, 0.3) is 0 Å². The van der Waals surface area contributed by atoms with Gasteiger partial charge in [0.15, 0.2) is 17.0 Å². The van der Waals surface area contributed by atoms with Crippen molar-refractivity contribution in [3.05, 3.63) is 42.0 Å². The first-order valence-corrected chi connectivity index (χ1v) is 7.18. The summed E-state index contributed by atoms with van der Waals surface area (Å²) in [6.45, 7) is 5.52. The monoisotopic (exact) mass is 297 g/mol. The summed E-state index contributed by atoms with van der Waals surface area (Å²) in [6.07, 6.45) is 3.33. The molecule has 22 heavy (non-hydrogen) atoms. The Balaban J connectivity index is 1.97. The van der Waals surface area contributed by atoms with Crippen LogP contribution in [0.15, 0.2) is 30.9 Å². The number of hydrogen-bond acceptors (Lipinski definition) is 5. The van der Waals surface area contributed by atoms with Crippen molar-refractivity contribution in [1.29, 1.82) is 0 Å². The largest absolute Gasteiger partial charge is 0.383 e. The van der Waals surface area contributed by atoms with Gasteiger partial charge in [-0.05, 0) is 31.0 Å². The Morgan fingerprint density at radius 1 is 1.18 bits per heavy atom. The number of nitrogens with zero attached hydrogens (tertiary/aromatic N) is 4. The Kier molecular flexibility index (Phi) is 4.02. The lowest BCUT2D eigenvalue weighted by molar-refractivity contribution is 0.188. The molecule has 0 saturated carbocycles. The van der Waals surface area contributed by atoms with Crippen molar-refractivity contribution >= 4 is 22.7 Å². The minimum absolute atomic E-state index is 0.620. The van der Waals surface area contributed by atoms with E-state index in [9.17, 15) is 0 Å². The molecule has 0 spiro atoms. The molecule has 2 heterocycles. The third-order valence-electron chi connectivity index (χ3n) is 3.80. The third kappa shape index (κ3) is 2.65. The number of aromatic nitrogens is 4. The Morgan fingerprint density at radius 3 is 2.86 bits per heavy atom. The fourth-order valence-corrected chi connectivity index (χ4v) is 2.34. The zero-order chi connectivity index (χ0) is 15.5. The van der Waals surface area contributed by atoms with E-state index >= 15 is 0 Å². The molecule has 3 aromatic rings. The van der Waals surface area contributed by atoms with Crippen molar-refractivity contribution in [1.82, 2.24) is 19.5 Å². The highest BCUT2D eigenvalue weighted by molar-refractivity contribution is 5.85. The molecule has 0 fully saturated rings. The van der Waals surface area contributed by atoms with Gasteiger partial charge < -0.3 is 14.6 Å². The van der Waals surface area contributed by atoms with Crippen LogP contribution < -0.4 is 5.32 Å². The lowest BCUT2D eigenvalue weighted by atomic mass is 10.1. The Hall–Kier alpha value is -2.47. The van der Waals surface area contributed by atoms with Crippen LogP contribution >= 0.6 is 0 Å². The molecular formula is C16H19N5O. The lowest BCUT2D eigenvalue weighted by Gasteiger charge is -2.11. The highest BCUT2D eigenvalue weighted by Gasteiger charge is 2.11. The maximum absolute atomic E-state index is 5.11. The van der Waals surface area contributed by atoms with Gasteiger partial charge in [0, 0.05) is 19.3 Å². The van der Waals surface area contributed by atoms with E-state index in [0.717, 1.165) is 22.7 Å². The van der Waals surface area contributed by atoms with Gasteiger partial charge in [0.2, 0.25) is 0 Å². The number of nitrogens with one attached hydrogen (secondary N) is 1. The van der Waals surface area contributed by atoms with Crippen LogP contribution in [0.5, 0.6) is 0 Å². The van der Waals surface area contributed by atoms with E-state index < -0.39 is 0 Å². The summed E-state index contributed by atoms with van der Waals surface area (Å²) in [5.41, 5.74) is 5.04. The summed E-state index contributed by atoms with van der Waals surface area (Å²) >= 11 is 0. The van der Waals surface area contributed by atoms with E-state index in [0.29, 0.717) is 13.2 Å². The molecule has 0 aliphatic heterocycles. The summed E-state index contributed by atoms with van der Waals surface area (Å²) in [6, 6.07) is 6.16. The van der Waals surface area contributed by atoms with Gasteiger partial charge in [-0.1, -0.05) is 12.1 Å². The topological polar surface area (TPSA) is 64.9 Å². The zero-order valence-electron chi connectivity index (χ0n) is 13.0. The molecule has 6 nitrogen and oxygen atoms in total. The quantitative estimate of drug-likeness (QED) is 0.784. The number of rotatable bonds is 5. The smallest absolute Gasteiger partial charge is 0.165 e. The van der Waals surface area contributed by atoms with E-state index in [2.05, 4.69) is 40.2 Å². The second-order valence-electron chi connectivity index (χ2n) is 5.20. The summed E-state index contributed by atoms with van der Waals surface area (Å²) in [5, 5.41) is 3.37. The van der Waals surface area contributed by atoms with Crippen LogP contribution in [-0.4, -0.2) is 33.2 Å². The van der Waals surface area contributed by atoms with Crippen molar-refractivity contribution < 1.29 is 4.74 Å². The second kappa shape index (κ2) is 6.11. The Labute approximate surface area is 129 Å². The van der Waals surface area contributed by atoms with Crippen LogP contribution in [0, 0.1) is 13.8 Å². The molecule has 6 heteroatoms. The molecule has 0 atom stereocenters. The molecule has 1 N–H and O–H groups in total. The number of anilines is 2. The van der Waals surface area contributed by atoms with E-state index in [1.165, 1.54) is 11.1 Å². The summed E-state index contributed by atoms with van der Waals surface area (Å²) in [7, 11) is 1.68. The van der Waals surface area contributed by atoms with Gasteiger partial charge >= 0.3 is 0 Å². The second-order valence-corrected chi connectivity index (χ2v) is 5.20. The van der Waals surface area contributed by atoms with Gasteiger partial charge in [0.1, 0.15) is 6.33 Å². The van der Waals surface area contributed by atoms with Crippen molar-refractivity contribution in [2.24, 2.45) is 0 Å². The van der Waals surface area contributed by atoms with Gasteiger partial charge in [-0.15, -0.1) is 0 Å². The summed E-state index contributed by atoms with van der Waals surface area (Å²) < 4.78 is 7.08. The molecule has 0 radical (unpaired) electrons. The average molecular weight is 297 g/mol. The maximum atomic E-state index is 5.11. The molecule has 0 unspecified atom stereocenters. The predicted molar refractivity (Wildman–Crippen MR) is 86.4 cm³/mol. The van der Waals surface area contributed by atoms with E-state index in [4.69, 9.17) is 4.74 Å². The fraction of sp³-hybridized carbons (Fsp3) is 0.312. The number of ether oxygens (including phenoxy) is 1. The van der Waals surface area contributed by atoms with E-state index in [-0.39, 0.29) is 0 Å². The SMILES string of the molecule is COCCn1cnc2c(Nc3cccc(C)c3C)ncnc21. The van der Waals surface area contributed by atoms with Crippen LogP contribution in [-0.2, 0) is 11.3 Å². The summed E-state index contributed by atoms with van der Waals surface area (Å²) in [5.74, 6) is 0.717. The number of aryl methyl sites for hydroxylation is 1. The Morgan fingerprint density at radius 2 is 2.05 bits per heavy atom. The standard InChI is InChI=1S/C16H19N5O/c1-11-5-4-6-13(12(11)2)20-15-14-16(18-9-17-15)21(10-19-14)7-8-22-3/h4-6,9-10H,7-8H2,1-3H3,(H,17,18,20). The first kappa shape index (κ1) is 14.5. The summed E-state index contributed by atoms with van der Waals surface area (Å²) in [4.78, 5) is 13.1. The van der Waals surface area contributed by atoms with Crippen molar-refractivity contribution in [3.63, 3.8) is 0 Å². The van der Waals surface area contributed by atoms with Crippen LogP contribution in [0.3, 0.4) is 0 Å². The van der Waals surface area contributed by atoms with E-state index in [1.807, 2.05) is 16.7 Å². The maximum Gasteiger partial charge on any atom is 0.165 e. The normalized spacial score (nSPS) is 11.0. The molecule has 0 saturated heterocycles. The number of hydrogen-bond donors (Lipinski definition) is 1. The van der Waals surface area contributed by atoms with Crippen LogP contribution in [0.2, 0.25) is 0 Å². The number of imidazole rings is 1. The Bertz CT molecular complexity index is 796.